The number of sulfonamides is 1. The predicted octanol–water partition coefficient (Wildman–Crippen LogP) is 3.63. The van der Waals surface area contributed by atoms with E-state index in [2.05, 4.69) is 0 Å². The number of rotatable bonds is 4. The maximum Gasteiger partial charge on any atom is 0.416 e. The second-order valence-corrected chi connectivity index (χ2v) is 7.22. The van der Waals surface area contributed by atoms with Crippen LogP contribution in [0, 0.1) is 0 Å². The van der Waals surface area contributed by atoms with Gasteiger partial charge in [-0.3, -0.25) is 4.79 Å². The molecule has 0 heterocycles. The molecule has 2 rings (SSSR count). The highest BCUT2D eigenvalue weighted by Gasteiger charge is 2.37. The van der Waals surface area contributed by atoms with Gasteiger partial charge in [0, 0.05) is 5.56 Å². The highest BCUT2D eigenvalue weighted by molar-refractivity contribution is 7.89. The van der Waals surface area contributed by atoms with E-state index in [1.807, 2.05) is 5.32 Å². The summed E-state index contributed by atoms with van der Waals surface area (Å²) >= 11 is 0. The van der Waals surface area contributed by atoms with Crippen molar-refractivity contribution in [1.29, 1.82) is 0 Å². The third kappa shape index (κ3) is 5.38. The van der Waals surface area contributed by atoms with Crippen LogP contribution in [0.25, 0.3) is 0 Å². The van der Waals surface area contributed by atoms with Gasteiger partial charge in [-0.2, -0.15) is 26.3 Å². The molecule has 0 radical (unpaired) electrons. The average Bonchev–Trinajstić information content (AvgIpc) is 2.59. The average molecular weight is 442 g/mol. The minimum atomic E-state index is -5.14. The number of benzene rings is 2. The normalized spacial score (nSPS) is 12.6. The number of hydrogen-bond acceptors (Lipinski definition) is 4. The lowest BCUT2D eigenvalue weighted by molar-refractivity contribution is -0.143. The third-order valence-electron chi connectivity index (χ3n) is 3.60. The zero-order chi connectivity index (χ0) is 22.2. The van der Waals surface area contributed by atoms with Crippen LogP contribution >= 0.6 is 0 Å². The largest absolute Gasteiger partial charge is 0.495 e. The number of nitrogens with two attached hydrogens (primary N) is 1. The molecule has 13 heteroatoms. The van der Waals surface area contributed by atoms with Gasteiger partial charge in [-0.25, -0.2) is 13.6 Å². The number of nitrogens with one attached hydrogen (secondary N) is 1. The standard InChI is InChI=1S/C16H12F6N2O4S/c1-28-13-3-2-11(29(23,26)27)7-12(13)24-14(25)8-4-9(15(17,18)19)6-10(5-8)16(20,21)22/h2-7H,1H3,(H,24,25)(H2,23,26,27). The number of carbonyl (C=O) groups excluding carboxylic acids is 1. The Balaban J connectivity index is 2.53. The van der Waals surface area contributed by atoms with Crippen LogP contribution in [0.3, 0.4) is 0 Å². The number of amides is 1. The van der Waals surface area contributed by atoms with Crippen LogP contribution in [-0.2, 0) is 22.4 Å². The minimum Gasteiger partial charge on any atom is -0.495 e. The van der Waals surface area contributed by atoms with Gasteiger partial charge in [0.15, 0.2) is 0 Å². The molecule has 2 aromatic rings. The van der Waals surface area contributed by atoms with Crippen molar-refractivity contribution in [1.82, 2.24) is 0 Å². The molecule has 29 heavy (non-hydrogen) atoms. The molecule has 2 aromatic carbocycles. The molecule has 0 saturated carbocycles. The van der Waals surface area contributed by atoms with Crippen molar-refractivity contribution >= 4 is 21.6 Å². The van der Waals surface area contributed by atoms with E-state index in [4.69, 9.17) is 9.88 Å². The molecule has 0 saturated heterocycles. The van der Waals surface area contributed by atoms with Crippen molar-refractivity contribution in [3.8, 4) is 5.75 Å². The lowest BCUT2D eigenvalue weighted by Crippen LogP contribution is -2.18. The van der Waals surface area contributed by atoms with Crippen LogP contribution < -0.4 is 15.2 Å². The lowest BCUT2D eigenvalue weighted by Gasteiger charge is -2.15. The maximum absolute atomic E-state index is 12.9. The Labute approximate surface area is 160 Å². The van der Waals surface area contributed by atoms with Crippen LogP contribution in [0.2, 0.25) is 0 Å². The fourth-order valence-corrected chi connectivity index (χ4v) is 2.78. The summed E-state index contributed by atoms with van der Waals surface area (Å²) < 4.78 is 105. The highest BCUT2D eigenvalue weighted by atomic mass is 32.2. The maximum atomic E-state index is 12.9. The summed E-state index contributed by atoms with van der Waals surface area (Å²) in [6.45, 7) is 0. The van der Waals surface area contributed by atoms with Crippen LogP contribution in [0.1, 0.15) is 21.5 Å². The van der Waals surface area contributed by atoms with Crippen LogP contribution in [0.15, 0.2) is 41.3 Å². The first-order chi connectivity index (χ1) is 13.1. The topological polar surface area (TPSA) is 98.5 Å². The van der Waals surface area contributed by atoms with Gasteiger partial charge in [-0.1, -0.05) is 0 Å². The van der Waals surface area contributed by atoms with Gasteiger partial charge in [0.05, 0.1) is 28.8 Å². The predicted molar refractivity (Wildman–Crippen MR) is 88.8 cm³/mol. The van der Waals surface area contributed by atoms with E-state index in [1.165, 1.54) is 0 Å². The second-order valence-electron chi connectivity index (χ2n) is 5.66. The zero-order valence-electron chi connectivity index (χ0n) is 14.4. The Kier molecular flexibility index (Phi) is 5.86. The Bertz CT molecular complexity index is 1020. The second kappa shape index (κ2) is 7.55. The summed E-state index contributed by atoms with van der Waals surface area (Å²) in [6.07, 6.45) is -10.3. The monoisotopic (exact) mass is 442 g/mol. The Hall–Kier alpha value is -2.80. The minimum absolute atomic E-state index is 0.103. The smallest absolute Gasteiger partial charge is 0.416 e. The summed E-state index contributed by atoms with van der Waals surface area (Å²) in [5.41, 5.74) is -4.63. The van der Waals surface area contributed by atoms with Crippen molar-refractivity contribution < 1.29 is 44.3 Å². The molecule has 0 unspecified atom stereocenters. The fraction of sp³-hybridized carbons (Fsp3) is 0.188. The number of hydrogen-bond donors (Lipinski definition) is 2. The Morgan fingerprint density at radius 3 is 1.90 bits per heavy atom. The molecule has 0 aliphatic heterocycles. The van der Waals surface area contributed by atoms with Crippen molar-refractivity contribution in [2.75, 3.05) is 12.4 Å². The fourth-order valence-electron chi connectivity index (χ4n) is 2.24. The Morgan fingerprint density at radius 1 is 0.966 bits per heavy atom. The molecule has 0 fully saturated rings. The SMILES string of the molecule is COc1ccc(S(N)(=O)=O)cc1NC(=O)c1cc(C(F)(F)F)cc(C(F)(F)F)c1. The number of anilines is 1. The summed E-state index contributed by atoms with van der Waals surface area (Å²) in [7, 11) is -3.06. The molecule has 0 aliphatic rings. The van der Waals surface area contributed by atoms with Crippen molar-refractivity contribution in [2.24, 2.45) is 5.14 Å². The van der Waals surface area contributed by atoms with E-state index >= 15 is 0 Å². The molecule has 0 bridgehead atoms. The number of halogens is 6. The number of carbonyl (C=O) groups is 1. The molecule has 0 aliphatic carbocycles. The van der Waals surface area contributed by atoms with E-state index in [-0.39, 0.29) is 29.6 Å². The first-order valence-corrected chi connectivity index (χ1v) is 8.99. The quantitative estimate of drug-likeness (QED) is 0.707. The molecular formula is C16H12F6N2O4S. The first kappa shape index (κ1) is 22.5. The summed E-state index contributed by atoms with van der Waals surface area (Å²) in [5.74, 6) is -1.46. The third-order valence-corrected chi connectivity index (χ3v) is 4.51. The van der Waals surface area contributed by atoms with Gasteiger partial charge in [0.1, 0.15) is 5.75 Å². The molecular weight excluding hydrogens is 430 g/mol. The Morgan fingerprint density at radius 2 is 1.48 bits per heavy atom. The van der Waals surface area contributed by atoms with Gasteiger partial charge in [0.2, 0.25) is 10.0 Å². The summed E-state index contributed by atoms with van der Waals surface area (Å²) in [5, 5.41) is 6.99. The van der Waals surface area contributed by atoms with Crippen molar-refractivity contribution in [2.45, 2.75) is 17.2 Å². The molecule has 6 nitrogen and oxygen atoms in total. The van der Waals surface area contributed by atoms with E-state index < -0.39 is 49.9 Å². The van der Waals surface area contributed by atoms with Gasteiger partial charge >= 0.3 is 12.4 Å². The number of methoxy groups -OCH3 is 1. The molecule has 0 aromatic heterocycles. The van der Waals surface area contributed by atoms with Crippen LogP contribution in [0.5, 0.6) is 5.75 Å². The van der Waals surface area contributed by atoms with Crippen molar-refractivity contribution in [3.05, 3.63) is 53.1 Å². The van der Waals surface area contributed by atoms with Gasteiger partial charge in [-0.15, -0.1) is 0 Å². The van der Waals surface area contributed by atoms with Gasteiger partial charge in [0.25, 0.3) is 5.91 Å². The van der Waals surface area contributed by atoms with Gasteiger partial charge in [-0.05, 0) is 36.4 Å². The van der Waals surface area contributed by atoms with E-state index in [0.717, 1.165) is 25.3 Å². The number of primary sulfonamides is 1. The van der Waals surface area contributed by atoms with E-state index in [9.17, 15) is 39.6 Å². The van der Waals surface area contributed by atoms with E-state index in [1.54, 1.807) is 0 Å². The number of alkyl halides is 6. The van der Waals surface area contributed by atoms with E-state index in [0.29, 0.717) is 0 Å². The molecule has 158 valence electrons. The molecule has 0 spiro atoms. The van der Waals surface area contributed by atoms with Crippen molar-refractivity contribution in [3.63, 3.8) is 0 Å². The molecule has 3 N–H and O–H groups in total. The molecule has 1 amide bonds. The summed E-state index contributed by atoms with van der Waals surface area (Å²) in [4.78, 5) is 11.9. The highest BCUT2D eigenvalue weighted by Crippen LogP contribution is 2.36. The lowest BCUT2D eigenvalue weighted by atomic mass is 10.0. The summed E-state index contributed by atoms with van der Waals surface area (Å²) in [6, 6.07) is 3.34. The molecule has 0 atom stereocenters. The zero-order valence-corrected chi connectivity index (χ0v) is 15.2. The number of ether oxygens (including phenoxy) is 1. The van der Waals surface area contributed by atoms with Crippen LogP contribution in [0.4, 0.5) is 32.0 Å². The van der Waals surface area contributed by atoms with Gasteiger partial charge < -0.3 is 10.1 Å². The van der Waals surface area contributed by atoms with Crippen LogP contribution in [-0.4, -0.2) is 21.4 Å². The first-order valence-electron chi connectivity index (χ1n) is 7.44.